The van der Waals surface area contributed by atoms with Gasteiger partial charge in [-0.1, -0.05) is 0 Å². The number of anilines is 3. The topological polar surface area (TPSA) is 113 Å². The molecule has 0 saturated carbocycles. The van der Waals surface area contributed by atoms with Crippen LogP contribution in [0, 0.1) is 0 Å². The molecule has 2 amide bonds. The standard InChI is InChI=1S/C21H25F3N6O5/c1-2-34-20(32)30-7-5-28(6-8-30)15-4-3-14(13-25-15)26-18(31)16-17(21(22,23)24)27-19(35-16)29-9-11-33-12-10-29/h3-4,13H,2,5-12H2,1H3,(H,26,31). The lowest BCUT2D eigenvalue weighted by Gasteiger charge is -2.34. The number of hydrogen-bond acceptors (Lipinski definition) is 9. The molecule has 14 heteroatoms. The minimum Gasteiger partial charge on any atom is -0.450 e. The number of carbonyl (C=O) groups excluding carboxylic acids is 2. The first-order chi connectivity index (χ1) is 16.8. The number of amides is 2. The molecule has 4 rings (SSSR count). The smallest absolute Gasteiger partial charge is 0.437 e. The number of aromatic nitrogens is 2. The maximum Gasteiger partial charge on any atom is 0.437 e. The summed E-state index contributed by atoms with van der Waals surface area (Å²) in [5.41, 5.74) is -1.19. The van der Waals surface area contributed by atoms with E-state index in [2.05, 4.69) is 15.3 Å². The van der Waals surface area contributed by atoms with Crippen molar-refractivity contribution in [2.24, 2.45) is 0 Å². The van der Waals surface area contributed by atoms with Gasteiger partial charge in [0, 0.05) is 39.3 Å². The van der Waals surface area contributed by atoms with Crippen LogP contribution in [0.25, 0.3) is 0 Å². The van der Waals surface area contributed by atoms with Crippen molar-refractivity contribution < 1.29 is 36.7 Å². The van der Waals surface area contributed by atoms with E-state index in [4.69, 9.17) is 13.9 Å². The fourth-order valence-electron chi connectivity index (χ4n) is 3.71. The Bertz CT molecular complexity index is 1030. The molecule has 0 unspecified atom stereocenters. The Hall–Kier alpha value is -3.55. The first-order valence-corrected chi connectivity index (χ1v) is 11.1. The van der Waals surface area contributed by atoms with Crippen LogP contribution in [-0.2, 0) is 15.7 Å². The Morgan fingerprint density at radius 3 is 2.40 bits per heavy atom. The molecular weight excluding hydrogens is 473 g/mol. The maximum absolute atomic E-state index is 13.5. The second kappa shape index (κ2) is 10.4. The minimum absolute atomic E-state index is 0.196. The lowest BCUT2D eigenvalue weighted by atomic mass is 10.3. The van der Waals surface area contributed by atoms with Gasteiger partial charge in [-0.2, -0.15) is 18.2 Å². The molecule has 0 aromatic carbocycles. The van der Waals surface area contributed by atoms with Crippen molar-refractivity contribution >= 4 is 29.5 Å². The number of carbonyl (C=O) groups is 2. The monoisotopic (exact) mass is 498 g/mol. The third-order valence-electron chi connectivity index (χ3n) is 5.51. The molecule has 2 aliphatic heterocycles. The third kappa shape index (κ3) is 5.75. The van der Waals surface area contributed by atoms with Crippen molar-refractivity contribution in [2.75, 3.05) is 74.2 Å². The van der Waals surface area contributed by atoms with E-state index in [9.17, 15) is 22.8 Å². The zero-order valence-corrected chi connectivity index (χ0v) is 19.0. The predicted molar refractivity (Wildman–Crippen MR) is 118 cm³/mol. The van der Waals surface area contributed by atoms with E-state index in [0.717, 1.165) is 0 Å². The van der Waals surface area contributed by atoms with E-state index >= 15 is 0 Å². The molecule has 2 aliphatic rings. The SMILES string of the molecule is CCOC(=O)N1CCN(c2ccc(NC(=O)c3oc(N4CCOCC4)nc3C(F)(F)F)cn2)CC1. The molecule has 2 aromatic rings. The summed E-state index contributed by atoms with van der Waals surface area (Å²) < 4.78 is 56.0. The number of pyridine rings is 1. The molecule has 0 aliphatic carbocycles. The van der Waals surface area contributed by atoms with Crippen LogP contribution in [0.1, 0.15) is 23.2 Å². The van der Waals surface area contributed by atoms with Gasteiger partial charge in [-0.05, 0) is 19.1 Å². The van der Waals surface area contributed by atoms with Gasteiger partial charge in [-0.3, -0.25) is 4.79 Å². The zero-order valence-electron chi connectivity index (χ0n) is 19.0. The summed E-state index contributed by atoms with van der Waals surface area (Å²) in [5.74, 6) is -1.39. The number of oxazole rings is 1. The quantitative estimate of drug-likeness (QED) is 0.664. The molecule has 2 aromatic heterocycles. The zero-order chi connectivity index (χ0) is 25.0. The van der Waals surface area contributed by atoms with E-state index in [1.54, 1.807) is 17.9 Å². The van der Waals surface area contributed by atoms with Crippen LogP contribution in [0.2, 0.25) is 0 Å². The van der Waals surface area contributed by atoms with Gasteiger partial charge in [0.05, 0.1) is 31.7 Å². The van der Waals surface area contributed by atoms with E-state index in [1.165, 1.54) is 17.2 Å². The number of hydrogen-bond donors (Lipinski definition) is 1. The van der Waals surface area contributed by atoms with Gasteiger partial charge in [-0.25, -0.2) is 9.78 Å². The normalized spacial score (nSPS) is 16.9. The predicted octanol–water partition coefficient (Wildman–Crippen LogP) is 2.46. The van der Waals surface area contributed by atoms with Crippen LogP contribution in [0.3, 0.4) is 0 Å². The highest BCUT2D eigenvalue weighted by Crippen LogP contribution is 2.34. The Morgan fingerprint density at radius 2 is 1.80 bits per heavy atom. The van der Waals surface area contributed by atoms with Gasteiger partial charge in [0.25, 0.3) is 11.9 Å². The van der Waals surface area contributed by atoms with Crippen molar-refractivity contribution in [3.05, 3.63) is 29.8 Å². The Labute approximate surface area is 198 Å². The largest absolute Gasteiger partial charge is 0.450 e. The average molecular weight is 498 g/mol. The molecule has 0 spiro atoms. The lowest BCUT2D eigenvalue weighted by molar-refractivity contribution is -0.141. The molecule has 35 heavy (non-hydrogen) atoms. The molecule has 0 radical (unpaired) electrons. The summed E-state index contributed by atoms with van der Waals surface area (Å²) in [7, 11) is 0. The van der Waals surface area contributed by atoms with Crippen molar-refractivity contribution in [1.29, 1.82) is 0 Å². The number of morpholine rings is 1. The highest BCUT2D eigenvalue weighted by molar-refractivity contribution is 6.03. The van der Waals surface area contributed by atoms with Crippen LogP contribution in [-0.4, -0.2) is 86.0 Å². The van der Waals surface area contributed by atoms with Crippen molar-refractivity contribution in [3.63, 3.8) is 0 Å². The molecule has 0 bridgehead atoms. The van der Waals surface area contributed by atoms with Crippen LogP contribution >= 0.6 is 0 Å². The molecule has 11 nitrogen and oxygen atoms in total. The second-order valence-electron chi connectivity index (χ2n) is 7.80. The second-order valence-corrected chi connectivity index (χ2v) is 7.80. The molecule has 0 atom stereocenters. The summed E-state index contributed by atoms with van der Waals surface area (Å²) in [5, 5.41) is 2.39. The van der Waals surface area contributed by atoms with E-state index in [0.29, 0.717) is 64.9 Å². The number of ether oxygens (including phenoxy) is 2. The van der Waals surface area contributed by atoms with Crippen LogP contribution in [0.4, 0.5) is 35.5 Å². The van der Waals surface area contributed by atoms with E-state index in [1.807, 2.05) is 4.90 Å². The van der Waals surface area contributed by atoms with Crippen molar-refractivity contribution in [3.8, 4) is 0 Å². The number of piperazine rings is 1. The van der Waals surface area contributed by atoms with Gasteiger partial charge >= 0.3 is 12.3 Å². The van der Waals surface area contributed by atoms with Gasteiger partial charge in [0.15, 0.2) is 5.69 Å². The van der Waals surface area contributed by atoms with E-state index in [-0.39, 0.29) is 17.8 Å². The Kier molecular flexibility index (Phi) is 7.28. The first kappa shape index (κ1) is 24.6. The summed E-state index contributed by atoms with van der Waals surface area (Å²) in [6.45, 7) is 5.31. The van der Waals surface area contributed by atoms with Gasteiger partial charge in [-0.15, -0.1) is 0 Å². The molecular formula is C21H25F3N6O5. The fourth-order valence-corrected chi connectivity index (χ4v) is 3.71. The van der Waals surface area contributed by atoms with Gasteiger partial charge in [0.2, 0.25) is 5.76 Å². The number of rotatable bonds is 5. The Morgan fingerprint density at radius 1 is 1.09 bits per heavy atom. The van der Waals surface area contributed by atoms with Crippen molar-refractivity contribution in [2.45, 2.75) is 13.1 Å². The average Bonchev–Trinajstić information content (AvgIpc) is 3.32. The van der Waals surface area contributed by atoms with Crippen LogP contribution in [0.15, 0.2) is 22.7 Å². The molecule has 2 saturated heterocycles. The van der Waals surface area contributed by atoms with Gasteiger partial charge < -0.3 is 33.9 Å². The van der Waals surface area contributed by atoms with Crippen molar-refractivity contribution in [1.82, 2.24) is 14.9 Å². The van der Waals surface area contributed by atoms with Crippen LogP contribution in [0.5, 0.6) is 0 Å². The lowest BCUT2D eigenvalue weighted by Crippen LogP contribution is -2.49. The fraction of sp³-hybridized carbons (Fsp3) is 0.524. The molecule has 2 fully saturated rings. The summed E-state index contributed by atoms with van der Waals surface area (Å²) in [6.07, 6.45) is -3.88. The third-order valence-corrected chi connectivity index (χ3v) is 5.51. The van der Waals surface area contributed by atoms with Crippen LogP contribution < -0.4 is 15.1 Å². The number of alkyl halides is 3. The maximum atomic E-state index is 13.5. The highest BCUT2D eigenvalue weighted by atomic mass is 19.4. The molecule has 1 N–H and O–H groups in total. The number of nitrogens with one attached hydrogen (secondary N) is 1. The first-order valence-electron chi connectivity index (χ1n) is 11.1. The summed E-state index contributed by atoms with van der Waals surface area (Å²) >= 11 is 0. The number of halogens is 3. The molecule has 4 heterocycles. The van der Waals surface area contributed by atoms with E-state index < -0.39 is 23.5 Å². The summed E-state index contributed by atoms with van der Waals surface area (Å²) in [6, 6.07) is 2.89. The Balaban J connectivity index is 1.41. The minimum atomic E-state index is -4.87. The number of nitrogens with zero attached hydrogens (tertiary/aromatic N) is 5. The summed E-state index contributed by atoms with van der Waals surface area (Å²) in [4.78, 5) is 37.3. The highest BCUT2D eigenvalue weighted by Gasteiger charge is 2.42. The molecule has 190 valence electrons. The van der Waals surface area contributed by atoms with Gasteiger partial charge in [0.1, 0.15) is 5.82 Å².